The van der Waals surface area contributed by atoms with Gasteiger partial charge < -0.3 is 5.32 Å². The summed E-state index contributed by atoms with van der Waals surface area (Å²) in [6, 6.07) is 6.84. The van der Waals surface area contributed by atoms with E-state index in [0.29, 0.717) is 0 Å². The zero-order valence-corrected chi connectivity index (χ0v) is 13.8. The van der Waals surface area contributed by atoms with Crippen molar-refractivity contribution in [1.29, 1.82) is 0 Å². The molecule has 0 radical (unpaired) electrons. The van der Waals surface area contributed by atoms with E-state index in [0.717, 1.165) is 18.2 Å². The van der Waals surface area contributed by atoms with Crippen LogP contribution in [-0.2, 0) is 5.75 Å². The highest BCUT2D eigenvalue weighted by molar-refractivity contribution is 7.98. The van der Waals surface area contributed by atoms with E-state index in [2.05, 4.69) is 51.2 Å². The first-order chi connectivity index (χ1) is 9.08. The van der Waals surface area contributed by atoms with Crippen molar-refractivity contribution in [3.05, 3.63) is 34.9 Å². The van der Waals surface area contributed by atoms with Gasteiger partial charge in [-0.2, -0.15) is 11.8 Å². The lowest BCUT2D eigenvalue weighted by molar-refractivity contribution is 0.534. The largest absolute Gasteiger partial charge is 0.316 e. The molecule has 1 nitrogen and oxygen atoms in total. The van der Waals surface area contributed by atoms with Gasteiger partial charge in [0, 0.05) is 18.1 Å². The van der Waals surface area contributed by atoms with E-state index in [9.17, 15) is 0 Å². The molecule has 0 unspecified atom stereocenters. The molecule has 0 bridgehead atoms. The van der Waals surface area contributed by atoms with Crippen LogP contribution in [0.25, 0.3) is 0 Å². The maximum absolute atomic E-state index is 3.53. The number of benzene rings is 1. The number of thioether (sulfide) groups is 1. The summed E-state index contributed by atoms with van der Waals surface area (Å²) in [5.41, 5.74) is 4.21. The fourth-order valence-electron chi connectivity index (χ4n) is 2.25. The van der Waals surface area contributed by atoms with E-state index in [-0.39, 0.29) is 0 Å². The van der Waals surface area contributed by atoms with Gasteiger partial charge in [0.2, 0.25) is 0 Å². The molecule has 0 atom stereocenters. The van der Waals surface area contributed by atoms with Crippen LogP contribution in [0.15, 0.2) is 18.2 Å². The lowest BCUT2D eigenvalue weighted by Crippen LogP contribution is -2.18. The van der Waals surface area contributed by atoms with Gasteiger partial charge in [0.25, 0.3) is 0 Å². The van der Waals surface area contributed by atoms with Gasteiger partial charge in [0.05, 0.1) is 0 Å². The van der Waals surface area contributed by atoms with Gasteiger partial charge >= 0.3 is 0 Å². The minimum atomic E-state index is 0.834. The van der Waals surface area contributed by atoms with Crippen molar-refractivity contribution in [2.45, 2.75) is 46.3 Å². The maximum atomic E-state index is 3.53. The van der Waals surface area contributed by atoms with Crippen molar-refractivity contribution in [2.24, 2.45) is 5.92 Å². The summed E-state index contributed by atoms with van der Waals surface area (Å²) < 4.78 is 0. The first-order valence-corrected chi connectivity index (χ1v) is 8.59. The third kappa shape index (κ3) is 8.33. The average Bonchev–Trinajstić information content (AvgIpc) is 2.31. The van der Waals surface area contributed by atoms with Crippen molar-refractivity contribution in [1.82, 2.24) is 5.32 Å². The zero-order chi connectivity index (χ0) is 14.1. The monoisotopic (exact) mass is 279 g/mol. The van der Waals surface area contributed by atoms with Crippen LogP contribution in [-0.4, -0.2) is 18.8 Å². The first kappa shape index (κ1) is 16.6. The second kappa shape index (κ2) is 9.44. The summed E-state index contributed by atoms with van der Waals surface area (Å²) in [7, 11) is 0. The number of rotatable bonds is 9. The number of hydrogen-bond acceptors (Lipinski definition) is 2. The van der Waals surface area contributed by atoms with E-state index < -0.39 is 0 Å². The molecule has 1 N–H and O–H groups in total. The summed E-state index contributed by atoms with van der Waals surface area (Å²) in [6.07, 6.45) is 2.64. The van der Waals surface area contributed by atoms with Crippen LogP contribution in [0.5, 0.6) is 0 Å². The minimum Gasteiger partial charge on any atom is -0.316 e. The molecular weight excluding hydrogens is 250 g/mol. The molecular formula is C17H29NS. The second-order valence-electron chi connectivity index (χ2n) is 5.83. The Morgan fingerprint density at radius 2 is 1.74 bits per heavy atom. The van der Waals surface area contributed by atoms with Crippen LogP contribution in [0, 0.1) is 19.8 Å². The van der Waals surface area contributed by atoms with E-state index in [1.807, 2.05) is 11.8 Å². The summed E-state index contributed by atoms with van der Waals surface area (Å²) in [6.45, 7) is 11.2. The lowest BCUT2D eigenvalue weighted by atomic mass is 10.1. The third-order valence-corrected chi connectivity index (χ3v) is 4.14. The van der Waals surface area contributed by atoms with Crippen LogP contribution in [0.1, 0.15) is 43.4 Å². The summed E-state index contributed by atoms with van der Waals surface area (Å²) in [5, 5.41) is 3.53. The SMILES string of the molecule is Cc1cc(C)cc(CSCCNCCCC(C)C)c1. The molecule has 0 aromatic heterocycles. The predicted octanol–water partition coefficient (Wildman–Crippen LogP) is 4.56. The highest BCUT2D eigenvalue weighted by Gasteiger charge is 1.97. The Labute approximate surface area is 123 Å². The molecule has 0 fully saturated rings. The Morgan fingerprint density at radius 1 is 1.05 bits per heavy atom. The van der Waals surface area contributed by atoms with Gasteiger partial charge in [0.15, 0.2) is 0 Å². The van der Waals surface area contributed by atoms with Crippen LogP contribution < -0.4 is 5.32 Å². The van der Waals surface area contributed by atoms with E-state index in [1.165, 1.54) is 41.8 Å². The Hall–Kier alpha value is -0.470. The molecule has 19 heavy (non-hydrogen) atoms. The standard InChI is InChI=1S/C17H29NS/c1-14(2)6-5-7-18-8-9-19-13-17-11-15(3)10-16(4)12-17/h10-12,14,18H,5-9,13H2,1-4H3. The van der Waals surface area contributed by atoms with Crippen molar-refractivity contribution in [3.8, 4) is 0 Å². The van der Waals surface area contributed by atoms with Crippen molar-refractivity contribution in [2.75, 3.05) is 18.8 Å². The second-order valence-corrected chi connectivity index (χ2v) is 6.94. The van der Waals surface area contributed by atoms with Crippen molar-refractivity contribution in [3.63, 3.8) is 0 Å². The van der Waals surface area contributed by atoms with E-state index >= 15 is 0 Å². The summed E-state index contributed by atoms with van der Waals surface area (Å²) in [4.78, 5) is 0. The minimum absolute atomic E-state index is 0.834. The lowest BCUT2D eigenvalue weighted by Gasteiger charge is -2.07. The quantitative estimate of drug-likeness (QED) is 0.665. The smallest absolute Gasteiger partial charge is 0.0185 e. The van der Waals surface area contributed by atoms with Gasteiger partial charge in [-0.25, -0.2) is 0 Å². The highest BCUT2D eigenvalue weighted by Crippen LogP contribution is 2.15. The van der Waals surface area contributed by atoms with Crippen LogP contribution >= 0.6 is 11.8 Å². The molecule has 0 saturated carbocycles. The number of hydrogen-bond donors (Lipinski definition) is 1. The Balaban J connectivity index is 2.04. The zero-order valence-electron chi connectivity index (χ0n) is 13.0. The number of aryl methyl sites for hydroxylation is 2. The topological polar surface area (TPSA) is 12.0 Å². The fourth-order valence-corrected chi connectivity index (χ4v) is 3.08. The number of nitrogens with one attached hydrogen (secondary N) is 1. The Kier molecular flexibility index (Phi) is 8.24. The molecule has 0 aliphatic heterocycles. The Bertz CT molecular complexity index is 340. The summed E-state index contributed by atoms with van der Waals surface area (Å²) in [5.74, 6) is 3.17. The van der Waals surface area contributed by atoms with Gasteiger partial charge in [-0.15, -0.1) is 0 Å². The van der Waals surface area contributed by atoms with Crippen LogP contribution in [0.3, 0.4) is 0 Å². The molecule has 1 rings (SSSR count). The molecule has 0 heterocycles. The van der Waals surface area contributed by atoms with Gasteiger partial charge in [-0.05, 0) is 44.7 Å². The molecule has 0 amide bonds. The molecule has 108 valence electrons. The van der Waals surface area contributed by atoms with E-state index in [1.54, 1.807) is 0 Å². The van der Waals surface area contributed by atoms with Gasteiger partial charge in [-0.1, -0.05) is 43.2 Å². The highest BCUT2D eigenvalue weighted by atomic mass is 32.2. The third-order valence-electron chi connectivity index (χ3n) is 3.11. The maximum Gasteiger partial charge on any atom is 0.0185 e. The predicted molar refractivity (Wildman–Crippen MR) is 89.0 cm³/mol. The fraction of sp³-hybridized carbons (Fsp3) is 0.647. The molecule has 1 aromatic carbocycles. The van der Waals surface area contributed by atoms with Crippen LogP contribution in [0.2, 0.25) is 0 Å². The molecule has 0 aliphatic carbocycles. The molecule has 2 heteroatoms. The molecule has 0 aliphatic rings. The van der Waals surface area contributed by atoms with Crippen molar-refractivity contribution >= 4 is 11.8 Å². The summed E-state index contributed by atoms with van der Waals surface area (Å²) >= 11 is 2.03. The normalized spacial score (nSPS) is 11.2. The first-order valence-electron chi connectivity index (χ1n) is 7.43. The van der Waals surface area contributed by atoms with E-state index in [4.69, 9.17) is 0 Å². The van der Waals surface area contributed by atoms with Gasteiger partial charge in [0.1, 0.15) is 0 Å². The Morgan fingerprint density at radius 3 is 2.37 bits per heavy atom. The molecule has 1 aromatic rings. The van der Waals surface area contributed by atoms with Crippen molar-refractivity contribution < 1.29 is 0 Å². The average molecular weight is 279 g/mol. The molecule has 0 spiro atoms. The van der Waals surface area contributed by atoms with Crippen LogP contribution in [0.4, 0.5) is 0 Å². The van der Waals surface area contributed by atoms with Gasteiger partial charge in [-0.3, -0.25) is 0 Å². The molecule has 0 saturated heterocycles.